The number of benzene rings is 1. The van der Waals surface area contributed by atoms with Crippen molar-refractivity contribution in [3.8, 4) is 0 Å². The third kappa shape index (κ3) is 6.99. The van der Waals surface area contributed by atoms with Crippen LogP contribution < -0.4 is 4.72 Å². The van der Waals surface area contributed by atoms with Gasteiger partial charge in [0.1, 0.15) is 9.84 Å². The second kappa shape index (κ2) is 7.16. The van der Waals surface area contributed by atoms with Gasteiger partial charge in [-0.2, -0.15) is 0 Å². The number of nitrogens with one attached hydrogen (secondary N) is 1. The van der Waals surface area contributed by atoms with Crippen LogP contribution in [0.4, 0.5) is 0 Å². The first-order chi connectivity index (χ1) is 9.22. The van der Waals surface area contributed by atoms with Gasteiger partial charge in [0.2, 0.25) is 10.0 Å². The van der Waals surface area contributed by atoms with E-state index in [1.165, 1.54) is 0 Å². The summed E-state index contributed by atoms with van der Waals surface area (Å²) in [6, 6.07) is 8.47. The van der Waals surface area contributed by atoms with Gasteiger partial charge in [-0.1, -0.05) is 30.3 Å². The molecule has 0 unspecified atom stereocenters. The molecule has 0 aliphatic rings. The van der Waals surface area contributed by atoms with Gasteiger partial charge >= 0.3 is 0 Å². The second-order valence-corrected chi connectivity index (χ2v) is 8.77. The van der Waals surface area contributed by atoms with Gasteiger partial charge < -0.3 is 5.11 Å². The summed E-state index contributed by atoms with van der Waals surface area (Å²) in [5.74, 6) is -0.942. The molecule has 0 amide bonds. The van der Waals surface area contributed by atoms with E-state index in [2.05, 4.69) is 4.72 Å². The number of hydrogen-bond acceptors (Lipinski definition) is 5. The summed E-state index contributed by atoms with van der Waals surface area (Å²) in [5.41, 5.74) is 0.886. The number of hydrogen-bond donors (Lipinski definition) is 2. The summed E-state index contributed by atoms with van der Waals surface area (Å²) in [7, 11) is -7.08. The highest BCUT2D eigenvalue weighted by atomic mass is 32.2. The summed E-state index contributed by atoms with van der Waals surface area (Å²) in [6.45, 7) is -0.354. The Morgan fingerprint density at radius 3 is 2.20 bits per heavy atom. The van der Waals surface area contributed by atoms with Gasteiger partial charge in [0.15, 0.2) is 0 Å². The quantitative estimate of drug-likeness (QED) is 0.676. The van der Waals surface area contributed by atoms with Crippen LogP contribution in [0.25, 0.3) is 0 Å². The fraction of sp³-hybridized carbons (Fsp3) is 0.500. The first kappa shape index (κ1) is 17.1. The Bertz CT molecular complexity index is 611. The van der Waals surface area contributed by atoms with Crippen molar-refractivity contribution in [1.29, 1.82) is 0 Å². The highest BCUT2D eigenvalue weighted by Gasteiger charge is 2.19. The van der Waals surface area contributed by atoms with Crippen molar-refractivity contribution in [1.82, 2.24) is 4.72 Å². The van der Waals surface area contributed by atoms with Gasteiger partial charge in [-0.25, -0.2) is 21.6 Å². The normalized spacial score (nSPS) is 14.1. The summed E-state index contributed by atoms with van der Waals surface area (Å²) in [4.78, 5) is 0. The number of sulfonamides is 1. The van der Waals surface area contributed by atoms with Crippen molar-refractivity contribution >= 4 is 19.9 Å². The predicted octanol–water partition coefficient (Wildman–Crippen LogP) is -0.446. The van der Waals surface area contributed by atoms with E-state index in [0.717, 1.165) is 11.8 Å². The van der Waals surface area contributed by atoms with Crippen LogP contribution in [0.1, 0.15) is 5.56 Å². The van der Waals surface area contributed by atoms with Gasteiger partial charge in [-0.05, 0) is 12.0 Å². The monoisotopic (exact) mass is 321 g/mol. The molecule has 0 aliphatic carbocycles. The Labute approximate surface area is 119 Å². The minimum atomic E-state index is -3.74. The van der Waals surface area contributed by atoms with Crippen LogP contribution in [0.3, 0.4) is 0 Å². The van der Waals surface area contributed by atoms with E-state index >= 15 is 0 Å². The van der Waals surface area contributed by atoms with Crippen molar-refractivity contribution in [3.63, 3.8) is 0 Å². The molecule has 2 N–H and O–H groups in total. The Kier molecular flexibility index (Phi) is 6.12. The average molecular weight is 321 g/mol. The summed E-state index contributed by atoms with van der Waals surface area (Å²) in [5, 5.41) is 9.23. The van der Waals surface area contributed by atoms with Crippen molar-refractivity contribution < 1.29 is 21.9 Å². The molecule has 0 saturated heterocycles. The molecular formula is C12H19NO5S2. The van der Waals surface area contributed by atoms with Crippen LogP contribution in [0, 0.1) is 0 Å². The van der Waals surface area contributed by atoms with Gasteiger partial charge in [0.25, 0.3) is 0 Å². The van der Waals surface area contributed by atoms with Gasteiger partial charge in [0.05, 0.1) is 18.1 Å². The van der Waals surface area contributed by atoms with Crippen molar-refractivity contribution in [2.75, 3.05) is 24.4 Å². The maximum Gasteiger partial charge on any atom is 0.212 e. The molecule has 0 bridgehead atoms. The largest absolute Gasteiger partial charge is 0.395 e. The molecule has 1 atom stereocenters. The highest BCUT2D eigenvalue weighted by molar-refractivity contribution is 7.93. The topological polar surface area (TPSA) is 101 Å². The lowest BCUT2D eigenvalue weighted by Crippen LogP contribution is -2.41. The molecule has 0 radical (unpaired) electrons. The van der Waals surface area contributed by atoms with E-state index in [1.54, 1.807) is 0 Å². The standard InChI is InChI=1S/C12H19NO5S2/c1-19(15,16)7-8-20(17,18)13-12(10-14)9-11-5-3-2-4-6-11/h2-6,12-14H,7-10H2,1H3/t12-/m0/s1. The summed E-state index contributed by atoms with van der Waals surface area (Å²) in [6.07, 6.45) is 1.32. The highest BCUT2D eigenvalue weighted by Crippen LogP contribution is 2.04. The van der Waals surface area contributed by atoms with Crippen LogP contribution in [-0.2, 0) is 26.3 Å². The van der Waals surface area contributed by atoms with E-state index in [0.29, 0.717) is 6.42 Å². The van der Waals surface area contributed by atoms with Crippen molar-refractivity contribution in [3.05, 3.63) is 35.9 Å². The fourth-order valence-electron chi connectivity index (χ4n) is 1.62. The molecule has 0 aliphatic heterocycles. The van der Waals surface area contributed by atoms with Crippen LogP contribution in [-0.4, -0.2) is 52.4 Å². The van der Waals surface area contributed by atoms with E-state index in [4.69, 9.17) is 0 Å². The zero-order valence-corrected chi connectivity index (χ0v) is 12.8. The maximum atomic E-state index is 11.8. The van der Waals surface area contributed by atoms with Gasteiger partial charge in [-0.15, -0.1) is 0 Å². The lowest BCUT2D eigenvalue weighted by atomic mass is 10.1. The molecule has 1 aromatic rings. The lowest BCUT2D eigenvalue weighted by molar-refractivity contribution is 0.256. The molecule has 0 spiro atoms. The Balaban J connectivity index is 2.63. The SMILES string of the molecule is CS(=O)(=O)CCS(=O)(=O)N[C@H](CO)Cc1ccccc1. The minimum Gasteiger partial charge on any atom is -0.395 e. The molecule has 8 heteroatoms. The number of rotatable bonds is 8. The lowest BCUT2D eigenvalue weighted by Gasteiger charge is -2.16. The molecule has 0 fully saturated rings. The first-order valence-electron chi connectivity index (χ1n) is 6.04. The van der Waals surface area contributed by atoms with Crippen LogP contribution in [0.2, 0.25) is 0 Å². The molecule has 1 rings (SSSR count). The Morgan fingerprint density at radius 2 is 1.70 bits per heavy atom. The minimum absolute atomic E-state index is 0.343. The molecule has 0 aromatic heterocycles. The van der Waals surface area contributed by atoms with E-state index in [9.17, 15) is 21.9 Å². The van der Waals surface area contributed by atoms with Crippen LogP contribution >= 0.6 is 0 Å². The zero-order chi connectivity index (χ0) is 15.2. The first-order valence-corrected chi connectivity index (χ1v) is 9.75. The van der Waals surface area contributed by atoms with E-state index in [-0.39, 0.29) is 6.61 Å². The third-order valence-electron chi connectivity index (χ3n) is 2.61. The van der Waals surface area contributed by atoms with Crippen molar-refractivity contribution in [2.24, 2.45) is 0 Å². The molecule has 6 nitrogen and oxygen atoms in total. The molecule has 0 heterocycles. The van der Waals surface area contributed by atoms with Gasteiger partial charge in [-0.3, -0.25) is 0 Å². The average Bonchev–Trinajstić information content (AvgIpc) is 2.36. The molecule has 1 aromatic carbocycles. The second-order valence-electron chi connectivity index (χ2n) is 4.64. The van der Waals surface area contributed by atoms with Crippen LogP contribution in [0.5, 0.6) is 0 Å². The predicted molar refractivity (Wildman–Crippen MR) is 77.7 cm³/mol. The van der Waals surface area contributed by atoms with E-state index < -0.39 is 37.4 Å². The smallest absolute Gasteiger partial charge is 0.212 e. The number of aliphatic hydroxyl groups is 1. The Hall–Kier alpha value is -0.960. The maximum absolute atomic E-state index is 11.8. The number of sulfone groups is 1. The van der Waals surface area contributed by atoms with Crippen molar-refractivity contribution in [2.45, 2.75) is 12.5 Å². The number of aliphatic hydroxyl groups excluding tert-OH is 1. The summed E-state index contributed by atoms with van der Waals surface area (Å²) < 4.78 is 47.8. The molecule has 0 saturated carbocycles. The summed E-state index contributed by atoms with van der Waals surface area (Å²) >= 11 is 0. The van der Waals surface area contributed by atoms with Crippen LogP contribution in [0.15, 0.2) is 30.3 Å². The van der Waals surface area contributed by atoms with Gasteiger partial charge in [0, 0.05) is 12.3 Å². The molecule has 114 valence electrons. The Morgan fingerprint density at radius 1 is 1.10 bits per heavy atom. The zero-order valence-electron chi connectivity index (χ0n) is 11.2. The third-order valence-corrected chi connectivity index (χ3v) is 5.25. The molecular weight excluding hydrogens is 302 g/mol. The fourth-order valence-corrected chi connectivity index (χ4v) is 4.49. The molecule has 20 heavy (non-hydrogen) atoms. The van der Waals surface area contributed by atoms with E-state index in [1.807, 2.05) is 30.3 Å².